The van der Waals surface area contributed by atoms with Crippen molar-refractivity contribution >= 4 is 17.8 Å². The Bertz CT molecular complexity index is 806. The SMILES string of the molecule is [2H]C1C([2H])[C@@H]2C[C@@H]1[C@@H]1C(=O)N(CCCC([2H])N3CCN(c4ncccn4)CC3)C(=O)[C@@H]12. The first-order valence-corrected chi connectivity index (χ1v) is 10.4. The Morgan fingerprint density at radius 3 is 2.29 bits per heavy atom. The normalized spacial score (nSPS) is 40.4. The summed E-state index contributed by atoms with van der Waals surface area (Å²) in [6.07, 6.45) is 4.27. The van der Waals surface area contributed by atoms with Crippen LogP contribution in [0.2, 0.25) is 0 Å². The van der Waals surface area contributed by atoms with Crippen LogP contribution in [0.25, 0.3) is 0 Å². The summed E-state index contributed by atoms with van der Waals surface area (Å²) < 4.78 is 24.8. The van der Waals surface area contributed by atoms with Crippen molar-refractivity contribution in [2.24, 2.45) is 23.7 Å². The van der Waals surface area contributed by atoms with E-state index < -0.39 is 12.8 Å². The van der Waals surface area contributed by atoms with Gasteiger partial charge in [0.15, 0.2) is 0 Å². The quantitative estimate of drug-likeness (QED) is 0.689. The van der Waals surface area contributed by atoms with E-state index in [1.54, 1.807) is 18.5 Å². The van der Waals surface area contributed by atoms with Crippen LogP contribution >= 0.6 is 0 Å². The van der Waals surface area contributed by atoms with Gasteiger partial charge in [-0.1, -0.05) is 0 Å². The van der Waals surface area contributed by atoms with Crippen LogP contribution in [0.15, 0.2) is 18.5 Å². The predicted molar refractivity (Wildman–Crippen MR) is 104 cm³/mol. The van der Waals surface area contributed by atoms with Crippen molar-refractivity contribution in [1.82, 2.24) is 19.8 Å². The summed E-state index contributed by atoms with van der Waals surface area (Å²) in [6, 6.07) is 1.80. The lowest BCUT2D eigenvalue weighted by molar-refractivity contribution is -0.140. The third-order valence-corrected chi connectivity index (χ3v) is 6.68. The second kappa shape index (κ2) is 7.43. The highest BCUT2D eigenvalue weighted by Crippen LogP contribution is 2.56. The summed E-state index contributed by atoms with van der Waals surface area (Å²) in [5, 5.41) is 0. The molecule has 0 radical (unpaired) electrons. The summed E-state index contributed by atoms with van der Waals surface area (Å²) >= 11 is 0. The molecule has 0 N–H and O–H groups in total. The first kappa shape index (κ1) is 14.9. The fraction of sp³-hybridized carbons (Fsp3) is 0.714. The molecule has 0 spiro atoms. The van der Waals surface area contributed by atoms with Crippen LogP contribution in [0.3, 0.4) is 0 Å². The highest BCUT2D eigenvalue weighted by atomic mass is 16.2. The standard InChI is InChI=1S/C21H29N5O2/c27-19-17-15-4-5-16(14-15)18(17)20(28)26(19)9-2-1-8-24-10-12-25(13-11-24)21-22-6-3-7-23-21/h3,6-7,15-18H,1-2,4-5,8-14H2/t15-,16-,17-,18+/m1/s1/i4D,5D,8D/t4?,5?,8?,15-,16-,17-,18+. The molecule has 7 atom stereocenters. The van der Waals surface area contributed by atoms with Gasteiger partial charge in [-0.3, -0.25) is 19.4 Å². The van der Waals surface area contributed by atoms with Gasteiger partial charge < -0.3 is 4.90 Å². The van der Waals surface area contributed by atoms with Gasteiger partial charge in [0.25, 0.3) is 0 Å². The maximum Gasteiger partial charge on any atom is 0.233 e. The Morgan fingerprint density at radius 1 is 1.00 bits per heavy atom. The van der Waals surface area contributed by atoms with Crippen molar-refractivity contribution < 1.29 is 13.7 Å². The molecule has 150 valence electrons. The molecule has 28 heavy (non-hydrogen) atoms. The number of likely N-dealkylation sites (tertiary alicyclic amines) is 1. The summed E-state index contributed by atoms with van der Waals surface area (Å²) in [5.41, 5.74) is 0. The second-order valence-corrected chi connectivity index (χ2v) is 8.22. The van der Waals surface area contributed by atoms with E-state index in [1.807, 2.05) is 0 Å². The summed E-state index contributed by atoms with van der Waals surface area (Å²) in [5.74, 6) is -0.558. The van der Waals surface area contributed by atoms with Crippen LogP contribution in [0.4, 0.5) is 5.95 Å². The highest BCUT2D eigenvalue weighted by Gasteiger charge is 2.60. The first-order chi connectivity index (χ1) is 15.0. The lowest BCUT2D eigenvalue weighted by atomic mass is 9.81. The Hall–Kier alpha value is -2.02. The van der Waals surface area contributed by atoms with E-state index in [4.69, 9.17) is 4.11 Å². The van der Waals surface area contributed by atoms with Crippen LogP contribution in [0.5, 0.6) is 0 Å². The van der Waals surface area contributed by atoms with Gasteiger partial charge in [-0.05, 0) is 56.5 Å². The van der Waals surface area contributed by atoms with E-state index in [9.17, 15) is 9.59 Å². The van der Waals surface area contributed by atoms with Crippen LogP contribution in [0.1, 0.15) is 36.2 Å². The molecule has 2 aliphatic heterocycles. The average molecular weight is 387 g/mol. The third kappa shape index (κ3) is 3.09. The van der Waals surface area contributed by atoms with Gasteiger partial charge in [-0.15, -0.1) is 0 Å². The zero-order valence-electron chi connectivity index (χ0n) is 19.0. The van der Waals surface area contributed by atoms with Crippen molar-refractivity contribution in [2.45, 2.75) is 32.1 Å². The molecule has 4 fully saturated rings. The Kier molecular flexibility index (Phi) is 3.95. The average Bonchev–Trinajstić information content (AvgIpc) is 3.40. The van der Waals surface area contributed by atoms with E-state index >= 15 is 0 Å². The van der Waals surface area contributed by atoms with Crippen LogP contribution < -0.4 is 4.90 Å². The third-order valence-electron chi connectivity index (χ3n) is 6.68. The molecule has 2 saturated heterocycles. The minimum absolute atomic E-state index is 0.132. The molecule has 2 saturated carbocycles. The molecule has 2 aliphatic carbocycles. The van der Waals surface area contributed by atoms with E-state index in [-0.39, 0.29) is 42.0 Å². The maximum absolute atomic E-state index is 12.9. The predicted octanol–water partition coefficient (Wildman–Crippen LogP) is 1.41. The van der Waals surface area contributed by atoms with Gasteiger partial charge in [0.1, 0.15) is 0 Å². The number of fused-ring (bicyclic) bond motifs is 5. The maximum atomic E-state index is 12.9. The summed E-state index contributed by atoms with van der Waals surface area (Å²) in [7, 11) is 0. The monoisotopic (exact) mass is 386 g/mol. The van der Waals surface area contributed by atoms with Crippen LogP contribution in [0, 0.1) is 23.7 Å². The number of anilines is 1. The second-order valence-electron chi connectivity index (χ2n) is 8.22. The lowest BCUT2D eigenvalue weighted by Crippen LogP contribution is -2.47. The summed E-state index contributed by atoms with van der Waals surface area (Å²) in [6.45, 7) is 3.06. The number of hydrogen-bond acceptors (Lipinski definition) is 6. The van der Waals surface area contributed by atoms with E-state index in [1.165, 1.54) is 4.90 Å². The Labute approximate surface area is 170 Å². The first-order valence-electron chi connectivity index (χ1n) is 12.1. The van der Waals surface area contributed by atoms with Crippen molar-refractivity contribution in [1.29, 1.82) is 0 Å². The van der Waals surface area contributed by atoms with Crippen molar-refractivity contribution in [3.05, 3.63) is 18.5 Å². The molecule has 1 aromatic rings. The van der Waals surface area contributed by atoms with Gasteiger partial charge in [0, 0.05) is 49.2 Å². The number of carbonyl (C=O) groups excluding carboxylic acids is 2. The number of imide groups is 1. The molecule has 7 nitrogen and oxygen atoms in total. The number of amides is 2. The largest absolute Gasteiger partial charge is 0.338 e. The smallest absolute Gasteiger partial charge is 0.233 e. The zero-order valence-corrected chi connectivity index (χ0v) is 16.0. The molecule has 2 bridgehead atoms. The van der Waals surface area contributed by atoms with E-state index in [0.29, 0.717) is 25.8 Å². The van der Waals surface area contributed by atoms with Crippen LogP contribution in [-0.2, 0) is 9.59 Å². The van der Waals surface area contributed by atoms with Gasteiger partial charge in [0.2, 0.25) is 17.8 Å². The molecule has 5 rings (SSSR count). The number of hydrogen-bond donors (Lipinski definition) is 0. The minimum atomic E-state index is -0.541. The molecule has 0 aromatic carbocycles. The topological polar surface area (TPSA) is 69.6 Å². The molecule has 3 unspecified atom stereocenters. The number of rotatable bonds is 6. The minimum Gasteiger partial charge on any atom is -0.338 e. The van der Waals surface area contributed by atoms with Gasteiger partial charge in [-0.25, -0.2) is 9.97 Å². The van der Waals surface area contributed by atoms with Crippen molar-refractivity contribution in [2.75, 3.05) is 44.1 Å². The van der Waals surface area contributed by atoms with Gasteiger partial charge in [0.05, 0.1) is 11.8 Å². The molecule has 7 heteroatoms. The van der Waals surface area contributed by atoms with Gasteiger partial charge in [-0.2, -0.15) is 0 Å². The number of nitrogens with zero attached hydrogens (tertiary/aromatic N) is 5. The molecule has 2 amide bonds. The number of piperazine rings is 1. The van der Waals surface area contributed by atoms with Crippen molar-refractivity contribution in [3.63, 3.8) is 0 Å². The fourth-order valence-electron chi connectivity index (χ4n) is 5.27. The number of aromatic nitrogens is 2. The molecular weight excluding hydrogens is 354 g/mol. The molecule has 3 heterocycles. The van der Waals surface area contributed by atoms with E-state index in [0.717, 1.165) is 32.1 Å². The fourth-order valence-corrected chi connectivity index (χ4v) is 5.27. The van der Waals surface area contributed by atoms with Gasteiger partial charge >= 0.3 is 0 Å². The molecule has 1 aromatic heterocycles. The molecular formula is C21H29N5O2. The molecule has 4 aliphatic rings. The van der Waals surface area contributed by atoms with Crippen molar-refractivity contribution in [3.8, 4) is 0 Å². The summed E-state index contributed by atoms with van der Waals surface area (Å²) in [4.78, 5) is 39.9. The Balaban J connectivity index is 1.10. The highest BCUT2D eigenvalue weighted by molar-refractivity contribution is 6.06. The number of carbonyl (C=O) groups is 2. The lowest BCUT2D eigenvalue weighted by Gasteiger charge is -2.34. The Morgan fingerprint density at radius 2 is 1.64 bits per heavy atom. The zero-order chi connectivity index (χ0) is 21.7. The van der Waals surface area contributed by atoms with E-state index in [2.05, 4.69) is 19.8 Å². The van der Waals surface area contributed by atoms with Crippen LogP contribution in [-0.4, -0.2) is 70.8 Å².